The van der Waals surface area contributed by atoms with Crippen LogP contribution in [0.5, 0.6) is 0 Å². The number of halogens is 1. The average Bonchev–Trinajstić information content (AvgIpc) is 2.96. The Bertz CT molecular complexity index is 763. The van der Waals surface area contributed by atoms with Gasteiger partial charge >= 0.3 is 0 Å². The van der Waals surface area contributed by atoms with Gasteiger partial charge in [0.05, 0.1) is 23.6 Å². The first-order valence-corrected chi connectivity index (χ1v) is 9.27. The molecular weight excluding hydrogens is 380 g/mol. The van der Waals surface area contributed by atoms with Gasteiger partial charge in [0.15, 0.2) is 0 Å². The number of non-ortho nitro benzene ring substituents is 1. The highest BCUT2D eigenvalue weighted by atomic mass is 35.5. The van der Waals surface area contributed by atoms with Crippen molar-refractivity contribution in [3.05, 3.63) is 70.0 Å². The normalized spacial score (nSPS) is 16.5. The van der Waals surface area contributed by atoms with E-state index in [1.807, 2.05) is 23.1 Å². The summed E-state index contributed by atoms with van der Waals surface area (Å²) in [6.45, 7) is 2.36. The van der Waals surface area contributed by atoms with Gasteiger partial charge in [0.25, 0.3) is 5.69 Å². The lowest BCUT2D eigenvalue weighted by atomic mass is 10.0. The molecule has 1 unspecified atom stereocenters. The number of nitrogens with zero attached hydrogens (tertiary/aromatic N) is 3. The van der Waals surface area contributed by atoms with Gasteiger partial charge in [0.1, 0.15) is 0 Å². The molecule has 1 atom stereocenters. The molecule has 1 aliphatic rings. The minimum atomic E-state index is -0.433. The first-order valence-electron chi connectivity index (χ1n) is 9.27. The largest absolute Gasteiger partial charge is 0.333 e. The zero-order chi connectivity index (χ0) is 19.1. The molecule has 150 valence electrons. The Labute approximate surface area is 170 Å². The van der Waals surface area contributed by atoms with Crippen LogP contribution in [0.4, 0.5) is 5.69 Å². The number of carbonyl (C=O) groups excluding carboxylic acids is 1. The van der Waals surface area contributed by atoms with Gasteiger partial charge in [-0.05, 0) is 50.0 Å². The molecule has 1 amide bonds. The summed E-state index contributed by atoms with van der Waals surface area (Å²) in [7, 11) is 0. The topological polar surface area (TPSA) is 88.4 Å². The Balaban J connectivity index is 0.00000280. The molecule has 2 aromatic rings. The zero-order valence-corrected chi connectivity index (χ0v) is 16.4. The lowest BCUT2D eigenvalue weighted by Gasteiger charge is -2.31. The highest BCUT2D eigenvalue weighted by Crippen LogP contribution is 2.19. The Morgan fingerprint density at radius 3 is 2.64 bits per heavy atom. The van der Waals surface area contributed by atoms with Gasteiger partial charge in [0.2, 0.25) is 5.91 Å². The van der Waals surface area contributed by atoms with Crippen LogP contribution in [0.15, 0.2) is 48.7 Å². The Morgan fingerprint density at radius 1 is 1.18 bits per heavy atom. The molecule has 1 fully saturated rings. The summed E-state index contributed by atoms with van der Waals surface area (Å²) < 4.78 is 0. The smallest absolute Gasteiger partial charge is 0.269 e. The van der Waals surface area contributed by atoms with Gasteiger partial charge in [-0.2, -0.15) is 0 Å². The van der Waals surface area contributed by atoms with Gasteiger partial charge in [-0.25, -0.2) is 0 Å². The first-order chi connectivity index (χ1) is 13.1. The zero-order valence-electron chi connectivity index (χ0n) is 15.6. The van der Waals surface area contributed by atoms with E-state index < -0.39 is 4.92 Å². The van der Waals surface area contributed by atoms with E-state index in [1.54, 1.807) is 18.3 Å². The molecule has 0 spiro atoms. The molecule has 1 aromatic heterocycles. The summed E-state index contributed by atoms with van der Waals surface area (Å²) >= 11 is 0. The minimum absolute atomic E-state index is 0. The van der Waals surface area contributed by atoms with E-state index in [2.05, 4.69) is 10.3 Å². The molecule has 2 heterocycles. The molecule has 1 saturated heterocycles. The van der Waals surface area contributed by atoms with E-state index in [4.69, 9.17) is 0 Å². The number of nitrogens with one attached hydrogen (secondary N) is 1. The van der Waals surface area contributed by atoms with Crippen molar-refractivity contribution in [1.29, 1.82) is 0 Å². The van der Waals surface area contributed by atoms with Crippen LogP contribution in [0.2, 0.25) is 0 Å². The third-order valence-corrected chi connectivity index (χ3v) is 4.87. The number of nitro groups is 1. The van der Waals surface area contributed by atoms with Gasteiger partial charge < -0.3 is 10.2 Å². The fraction of sp³-hybridized carbons (Fsp3) is 0.400. The average molecular weight is 405 g/mol. The van der Waals surface area contributed by atoms with Gasteiger partial charge in [-0.3, -0.25) is 19.9 Å². The first kappa shape index (κ1) is 21.8. The van der Waals surface area contributed by atoms with Crippen molar-refractivity contribution in [1.82, 2.24) is 15.2 Å². The van der Waals surface area contributed by atoms with E-state index in [9.17, 15) is 14.9 Å². The fourth-order valence-electron chi connectivity index (χ4n) is 3.41. The maximum Gasteiger partial charge on any atom is 0.269 e. The molecule has 8 heteroatoms. The lowest BCUT2D eigenvalue weighted by Crippen LogP contribution is -2.41. The Kier molecular flexibility index (Phi) is 8.35. The summed E-state index contributed by atoms with van der Waals surface area (Å²) in [5.74, 6) is 0.0291. The van der Waals surface area contributed by atoms with Crippen LogP contribution in [0.3, 0.4) is 0 Å². The summed E-state index contributed by atoms with van der Waals surface area (Å²) in [6.07, 6.45) is 4.89. The van der Waals surface area contributed by atoms with Crippen molar-refractivity contribution in [2.45, 2.75) is 38.3 Å². The molecule has 0 radical (unpaired) electrons. The molecule has 1 N–H and O–H groups in total. The molecule has 3 rings (SSSR count). The molecule has 28 heavy (non-hydrogen) atoms. The number of benzene rings is 1. The predicted molar refractivity (Wildman–Crippen MR) is 109 cm³/mol. The molecule has 0 bridgehead atoms. The minimum Gasteiger partial charge on any atom is -0.333 e. The van der Waals surface area contributed by atoms with Crippen molar-refractivity contribution < 1.29 is 9.72 Å². The van der Waals surface area contributed by atoms with Crippen molar-refractivity contribution >= 4 is 24.0 Å². The molecule has 0 saturated carbocycles. The molecule has 1 aromatic carbocycles. The fourth-order valence-corrected chi connectivity index (χ4v) is 3.41. The van der Waals surface area contributed by atoms with Gasteiger partial charge in [-0.15, -0.1) is 12.4 Å². The van der Waals surface area contributed by atoms with Crippen LogP contribution >= 0.6 is 12.4 Å². The van der Waals surface area contributed by atoms with Crippen molar-refractivity contribution in [3.8, 4) is 0 Å². The van der Waals surface area contributed by atoms with E-state index in [0.717, 1.165) is 43.6 Å². The Hall–Kier alpha value is -2.51. The van der Waals surface area contributed by atoms with E-state index >= 15 is 0 Å². The van der Waals surface area contributed by atoms with Crippen LogP contribution in [0.1, 0.15) is 30.5 Å². The molecular formula is C20H25ClN4O3. The van der Waals surface area contributed by atoms with Crippen LogP contribution < -0.4 is 5.32 Å². The quantitative estimate of drug-likeness (QED) is 0.590. The monoisotopic (exact) mass is 404 g/mol. The van der Waals surface area contributed by atoms with Crippen LogP contribution in [-0.4, -0.2) is 39.8 Å². The Morgan fingerprint density at radius 2 is 1.96 bits per heavy atom. The summed E-state index contributed by atoms with van der Waals surface area (Å²) in [4.78, 5) is 29.8. The van der Waals surface area contributed by atoms with Gasteiger partial charge in [0, 0.05) is 24.4 Å². The number of rotatable bonds is 6. The standard InChI is InChI=1S/C20H24N4O3.ClH/c25-20(14-16-6-8-19(9-7-16)24(26)27)23(15-17-4-1-2-12-22-17)18-5-3-11-21-13-10-18;/h1-2,4,6-9,12,18,21H,3,5,10-11,13-15H2;1H. The summed E-state index contributed by atoms with van der Waals surface area (Å²) in [6, 6.07) is 12.1. The second-order valence-electron chi connectivity index (χ2n) is 6.78. The number of nitro benzene ring substituents is 1. The van der Waals surface area contributed by atoms with E-state index in [0.29, 0.717) is 6.54 Å². The number of aromatic nitrogens is 1. The van der Waals surface area contributed by atoms with Crippen LogP contribution in [0.25, 0.3) is 0 Å². The second-order valence-corrected chi connectivity index (χ2v) is 6.78. The maximum atomic E-state index is 13.1. The third-order valence-electron chi connectivity index (χ3n) is 4.87. The molecule has 0 aliphatic carbocycles. The molecule has 1 aliphatic heterocycles. The number of carbonyl (C=O) groups is 1. The maximum absolute atomic E-state index is 13.1. The highest BCUT2D eigenvalue weighted by molar-refractivity contribution is 5.85. The number of hydrogen-bond acceptors (Lipinski definition) is 5. The third kappa shape index (κ3) is 6.00. The lowest BCUT2D eigenvalue weighted by molar-refractivity contribution is -0.384. The summed E-state index contributed by atoms with van der Waals surface area (Å²) in [5.41, 5.74) is 1.68. The van der Waals surface area contributed by atoms with Gasteiger partial charge in [-0.1, -0.05) is 18.2 Å². The number of pyridine rings is 1. The SMILES string of the molecule is Cl.O=C(Cc1ccc([N+](=O)[O-])cc1)N(Cc1ccccn1)C1CCCNCC1. The van der Waals surface area contributed by atoms with E-state index in [1.165, 1.54) is 12.1 Å². The highest BCUT2D eigenvalue weighted by Gasteiger charge is 2.25. The number of amides is 1. The van der Waals surface area contributed by atoms with Crippen molar-refractivity contribution in [3.63, 3.8) is 0 Å². The van der Waals surface area contributed by atoms with E-state index in [-0.39, 0.29) is 36.5 Å². The van der Waals surface area contributed by atoms with Crippen molar-refractivity contribution in [2.75, 3.05) is 13.1 Å². The predicted octanol–water partition coefficient (Wildman–Crippen LogP) is 3.13. The van der Waals surface area contributed by atoms with Crippen molar-refractivity contribution in [2.24, 2.45) is 0 Å². The van der Waals surface area contributed by atoms with Crippen LogP contribution in [-0.2, 0) is 17.8 Å². The second kappa shape index (κ2) is 10.7. The number of hydrogen-bond donors (Lipinski definition) is 1. The van der Waals surface area contributed by atoms with Crippen LogP contribution in [0, 0.1) is 10.1 Å². The summed E-state index contributed by atoms with van der Waals surface area (Å²) in [5, 5.41) is 14.2. The molecule has 7 nitrogen and oxygen atoms in total.